The van der Waals surface area contributed by atoms with Gasteiger partial charge in [0.25, 0.3) is 0 Å². The van der Waals surface area contributed by atoms with Crippen molar-refractivity contribution in [1.82, 2.24) is 24.9 Å². The molecule has 2 amide bonds. The highest BCUT2D eigenvalue weighted by Crippen LogP contribution is 2.38. The van der Waals surface area contributed by atoms with Crippen LogP contribution in [0, 0.1) is 6.92 Å². The van der Waals surface area contributed by atoms with Crippen LogP contribution in [0.4, 0.5) is 10.6 Å². The van der Waals surface area contributed by atoms with E-state index >= 15 is 0 Å². The van der Waals surface area contributed by atoms with Crippen molar-refractivity contribution in [2.75, 3.05) is 11.9 Å². The summed E-state index contributed by atoms with van der Waals surface area (Å²) in [7, 11) is 1.86. The highest BCUT2D eigenvalue weighted by atomic mass is 16.5. The van der Waals surface area contributed by atoms with E-state index in [0.29, 0.717) is 25.3 Å². The summed E-state index contributed by atoms with van der Waals surface area (Å²) in [6.07, 6.45) is 6.45. The Bertz CT molecular complexity index is 1490. The van der Waals surface area contributed by atoms with Crippen molar-refractivity contribution >= 4 is 17.8 Å². The minimum atomic E-state index is -0.352. The third kappa shape index (κ3) is 5.77. The molecular formula is C30H32N6O3. The van der Waals surface area contributed by atoms with Gasteiger partial charge in [-0.3, -0.25) is 10.00 Å². The fourth-order valence-electron chi connectivity index (χ4n) is 5.13. The number of esters is 1. The first-order chi connectivity index (χ1) is 18.9. The molecule has 9 heteroatoms. The van der Waals surface area contributed by atoms with Gasteiger partial charge in [-0.2, -0.15) is 10.2 Å². The maximum absolute atomic E-state index is 13.5. The van der Waals surface area contributed by atoms with E-state index in [1.54, 1.807) is 28.6 Å². The zero-order valence-corrected chi connectivity index (χ0v) is 22.3. The van der Waals surface area contributed by atoms with Crippen LogP contribution in [0.1, 0.15) is 36.8 Å². The van der Waals surface area contributed by atoms with E-state index in [1.807, 2.05) is 68.7 Å². The molecule has 5 rings (SSSR count). The van der Waals surface area contributed by atoms with Crippen molar-refractivity contribution in [3.05, 3.63) is 95.8 Å². The van der Waals surface area contributed by atoms with Gasteiger partial charge in [0, 0.05) is 42.4 Å². The number of carbonyl (C=O) groups is 2. The second-order valence-electron chi connectivity index (χ2n) is 9.66. The van der Waals surface area contributed by atoms with Gasteiger partial charge in [-0.25, -0.2) is 14.3 Å². The van der Waals surface area contributed by atoms with Crippen molar-refractivity contribution in [1.29, 1.82) is 0 Å². The molecule has 2 aromatic heterocycles. The number of urea groups is 1. The maximum Gasteiger partial charge on any atom is 0.330 e. The largest absolute Gasteiger partial charge is 0.463 e. The molecule has 4 aromatic rings. The van der Waals surface area contributed by atoms with Crippen LogP contribution in [0.25, 0.3) is 16.9 Å². The van der Waals surface area contributed by atoms with E-state index in [9.17, 15) is 9.59 Å². The van der Waals surface area contributed by atoms with Gasteiger partial charge in [0.1, 0.15) is 11.5 Å². The fourth-order valence-corrected chi connectivity index (χ4v) is 5.13. The predicted molar refractivity (Wildman–Crippen MR) is 150 cm³/mol. The molecule has 0 radical (unpaired) electrons. The Morgan fingerprint density at radius 2 is 1.79 bits per heavy atom. The smallest absolute Gasteiger partial charge is 0.330 e. The average molecular weight is 525 g/mol. The summed E-state index contributed by atoms with van der Waals surface area (Å²) in [5.41, 5.74) is 5.33. The predicted octanol–water partition coefficient (Wildman–Crippen LogP) is 5.14. The maximum atomic E-state index is 13.5. The molecule has 2 heterocycles. The summed E-state index contributed by atoms with van der Waals surface area (Å²) in [6.45, 7) is 4.05. The van der Waals surface area contributed by atoms with Gasteiger partial charge < -0.3 is 10.1 Å². The first-order valence-electron chi connectivity index (χ1n) is 13.1. The van der Waals surface area contributed by atoms with Gasteiger partial charge in [0.15, 0.2) is 0 Å². The second kappa shape index (κ2) is 11.4. The van der Waals surface area contributed by atoms with Crippen LogP contribution < -0.4 is 10.6 Å². The normalized spacial score (nSPS) is 17.8. The number of amides is 2. The van der Waals surface area contributed by atoms with Crippen molar-refractivity contribution in [2.24, 2.45) is 7.05 Å². The van der Waals surface area contributed by atoms with Crippen LogP contribution in [-0.2, 0) is 16.6 Å². The average Bonchev–Trinajstić information content (AvgIpc) is 3.63. The third-order valence-corrected chi connectivity index (χ3v) is 6.94. The molecule has 1 saturated carbocycles. The van der Waals surface area contributed by atoms with Gasteiger partial charge in [-0.15, -0.1) is 0 Å². The molecule has 2 N–H and O–H groups in total. The Morgan fingerprint density at radius 3 is 2.46 bits per heavy atom. The van der Waals surface area contributed by atoms with Gasteiger partial charge in [-0.05, 0) is 44.4 Å². The van der Waals surface area contributed by atoms with Crippen LogP contribution in [0.5, 0.6) is 0 Å². The van der Waals surface area contributed by atoms with Gasteiger partial charge in [0.05, 0.1) is 18.5 Å². The first-order valence-corrected chi connectivity index (χ1v) is 13.1. The molecule has 1 fully saturated rings. The summed E-state index contributed by atoms with van der Waals surface area (Å²) in [6, 6.07) is 19.2. The van der Waals surface area contributed by atoms with Crippen LogP contribution in [0.15, 0.2) is 84.7 Å². The molecule has 0 unspecified atom stereocenters. The lowest BCUT2D eigenvalue weighted by Gasteiger charge is -2.21. The van der Waals surface area contributed by atoms with Crippen molar-refractivity contribution < 1.29 is 14.3 Å². The van der Waals surface area contributed by atoms with Crippen molar-refractivity contribution in [3.63, 3.8) is 0 Å². The number of nitrogens with zero attached hydrogens (tertiary/aromatic N) is 4. The van der Waals surface area contributed by atoms with Crippen molar-refractivity contribution in [3.8, 4) is 16.9 Å². The van der Waals surface area contributed by atoms with E-state index in [4.69, 9.17) is 9.84 Å². The van der Waals surface area contributed by atoms with Crippen LogP contribution in [-0.4, -0.2) is 44.2 Å². The number of aromatic nitrogens is 4. The number of para-hydroxylation sites is 1. The number of hydrogen-bond acceptors (Lipinski definition) is 5. The summed E-state index contributed by atoms with van der Waals surface area (Å²) < 4.78 is 8.58. The molecule has 0 bridgehead atoms. The molecule has 0 aliphatic heterocycles. The molecule has 1 aliphatic rings. The molecular weight excluding hydrogens is 492 g/mol. The summed E-state index contributed by atoms with van der Waals surface area (Å²) in [5, 5.41) is 15.3. The topological polar surface area (TPSA) is 103 Å². The zero-order valence-electron chi connectivity index (χ0n) is 22.3. The third-order valence-electron chi connectivity index (χ3n) is 6.94. The summed E-state index contributed by atoms with van der Waals surface area (Å²) >= 11 is 0. The van der Waals surface area contributed by atoms with E-state index in [1.165, 1.54) is 0 Å². The van der Waals surface area contributed by atoms with Gasteiger partial charge >= 0.3 is 12.0 Å². The zero-order chi connectivity index (χ0) is 27.4. The molecule has 0 saturated heterocycles. The lowest BCUT2D eigenvalue weighted by molar-refractivity contribution is -0.137. The van der Waals surface area contributed by atoms with E-state index < -0.39 is 0 Å². The number of carbonyl (C=O) groups excluding carboxylic acids is 2. The minimum Gasteiger partial charge on any atom is -0.463 e. The number of hydrogen-bond donors (Lipinski definition) is 2. The number of rotatable bonds is 7. The SMILES string of the molecule is CCOC(=O)C=C1C[C@@H](NC(=O)Nc2c(C)c(-c3cnn(C)c3)nn2-c2ccccc2)[C@H](c2ccccc2)C1. The quantitative estimate of drug-likeness (QED) is 0.257. The molecule has 0 spiro atoms. The Labute approximate surface area is 227 Å². The van der Waals surface area contributed by atoms with E-state index in [2.05, 4.69) is 27.9 Å². The van der Waals surface area contributed by atoms with Gasteiger partial charge in [0.2, 0.25) is 0 Å². The van der Waals surface area contributed by atoms with Crippen LogP contribution in [0.3, 0.4) is 0 Å². The minimum absolute atomic E-state index is 0.0312. The van der Waals surface area contributed by atoms with Crippen LogP contribution >= 0.6 is 0 Å². The highest BCUT2D eigenvalue weighted by molar-refractivity contribution is 5.91. The number of aryl methyl sites for hydroxylation is 1. The molecule has 1 aliphatic carbocycles. The lowest BCUT2D eigenvalue weighted by atomic mass is 9.94. The summed E-state index contributed by atoms with van der Waals surface area (Å²) in [4.78, 5) is 25.6. The Morgan fingerprint density at radius 1 is 1.08 bits per heavy atom. The van der Waals surface area contributed by atoms with E-state index in [0.717, 1.165) is 33.6 Å². The molecule has 39 heavy (non-hydrogen) atoms. The molecule has 200 valence electrons. The summed E-state index contributed by atoms with van der Waals surface area (Å²) in [5.74, 6) is 0.257. The number of benzene rings is 2. The molecule has 9 nitrogen and oxygen atoms in total. The number of nitrogens with one attached hydrogen (secondary N) is 2. The first kappa shape index (κ1) is 26.0. The Kier molecular flexibility index (Phi) is 7.58. The Balaban J connectivity index is 1.42. The van der Waals surface area contributed by atoms with E-state index in [-0.39, 0.29) is 24.0 Å². The fraction of sp³-hybridized carbons (Fsp3) is 0.267. The monoisotopic (exact) mass is 524 g/mol. The van der Waals surface area contributed by atoms with Crippen molar-refractivity contribution in [2.45, 2.75) is 38.6 Å². The number of ether oxygens (including phenoxy) is 1. The highest BCUT2D eigenvalue weighted by Gasteiger charge is 2.33. The lowest BCUT2D eigenvalue weighted by Crippen LogP contribution is -2.39. The Hall–Kier alpha value is -4.66. The van der Waals surface area contributed by atoms with Crippen LogP contribution in [0.2, 0.25) is 0 Å². The molecule has 2 aromatic carbocycles. The standard InChI is InChI=1S/C30H32N6O3/c1-4-39-27(37)17-21-15-25(22-11-7-5-8-12-22)26(16-21)32-30(38)33-29-20(2)28(23-18-31-35(3)19-23)34-36(29)24-13-9-6-10-14-24/h5-14,17-19,25-26H,4,15-16H2,1-3H3,(H2,32,33,38)/t25-,26+/m0/s1. The van der Waals surface area contributed by atoms with Gasteiger partial charge in [-0.1, -0.05) is 54.1 Å². The molecule has 2 atom stereocenters. The number of anilines is 1. The second-order valence-corrected chi connectivity index (χ2v) is 9.66.